The van der Waals surface area contributed by atoms with E-state index in [1.165, 1.54) is 11.1 Å². The van der Waals surface area contributed by atoms with E-state index in [0.717, 1.165) is 24.4 Å². The molecule has 0 radical (unpaired) electrons. The summed E-state index contributed by atoms with van der Waals surface area (Å²) < 4.78 is 11.2. The Bertz CT molecular complexity index is 585. The number of methoxy groups -OCH3 is 1. The van der Waals surface area contributed by atoms with Crippen LogP contribution < -0.4 is 14.8 Å². The van der Waals surface area contributed by atoms with Gasteiger partial charge in [0.25, 0.3) is 0 Å². The van der Waals surface area contributed by atoms with E-state index in [4.69, 9.17) is 9.47 Å². The Labute approximate surface area is 126 Å². The van der Waals surface area contributed by atoms with E-state index in [2.05, 4.69) is 36.3 Å². The maximum absolute atomic E-state index is 5.96. The fraction of sp³-hybridized carbons (Fsp3) is 0.353. The van der Waals surface area contributed by atoms with Crippen molar-refractivity contribution in [3.05, 3.63) is 53.2 Å². The highest BCUT2D eigenvalue weighted by molar-refractivity contribution is 5.37. The van der Waals surface area contributed by atoms with E-state index in [9.17, 15) is 0 Å². The van der Waals surface area contributed by atoms with Crippen molar-refractivity contribution in [2.24, 2.45) is 0 Å². The zero-order valence-corrected chi connectivity index (χ0v) is 12.8. The number of nitrogens with one attached hydrogen (secondary N) is 1. The first-order chi connectivity index (χ1) is 10.2. The molecule has 1 aromatic heterocycles. The van der Waals surface area contributed by atoms with Crippen molar-refractivity contribution < 1.29 is 9.47 Å². The molecule has 0 fully saturated rings. The fourth-order valence-corrected chi connectivity index (χ4v) is 2.12. The van der Waals surface area contributed by atoms with Gasteiger partial charge < -0.3 is 14.8 Å². The Morgan fingerprint density at radius 2 is 2.05 bits per heavy atom. The summed E-state index contributed by atoms with van der Waals surface area (Å²) in [6.45, 7) is 6.36. The Morgan fingerprint density at radius 1 is 1.19 bits per heavy atom. The van der Waals surface area contributed by atoms with Gasteiger partial charge in [0.1, 0.15) is 12.4 Å². The van der Waals surface area contributed by atoms with Gasteiger partial charge >= 0.3 is 0 Å². The summed E-state index contributed by atoms with van der Waals surface area (Å²) in [5, 5.41) is 3.34. The number of ether oxygens (including phenoxy) is 2. The molecule has 0 aliphatic rings. The van der Waals surface area contributed by atoms with Crippen LogP contribution in [0.15, 0.2) is 36.5 Å². The molecule has 0 atom stereocenters. The minimum Gasteiger partial charge on any atom is -0.488 e. The Balaban J connectivity index is 2.12. The molecule has 112 valence electrons. The molecule has 2 aromatic rings. The Hall–Kier alpha value is -2.07. The van der Waals surface area contributed by atoms with Crippen molar-refractivity contribution in [1.29, 1.82) is 0 Å². The van der Waals surface area contributed by atoms with Crippen molar-refractivity contribution >= 4 is 0 Å². The van der Waals surface area contributed by atoms with Crippen molar-refractivity contribution in [2.45, 2.75) is 27.0 Å². The van der Waals surface area contributed by atoms with Crippen molar-refractivity contribution in [3.8, 4) is 11.6 Å². The summed E-state index contributed by atoms with van der Waals surface area (Å²) >= 11 is 0. The molecular weight excluding hydrogens is 264 g/mol. The molecule has 4 heteroatoms. The number of benzene rings is 1. The van der Waals surface area contributed by atoms with E-state index in [-0.39, 0.29) is 0 Å². The highest BCUT2D eigenvalue weighted by Crippen LogP contribution is 2.23. The normalized spacial score (nSPS) is 10.4. The zero-order valence-electron chi connectivity index (χ0n) is 12.8. The van der Waals surface area contributed by atoms with Crippen LogP contribution in [0.3, 0.4) is 0 Å². The van der Waals surface area contributed by atoms with Gasteiger partial charge in [0.05, 0.1) is 12.7 Å². The van der Waals surface area contributed by atoms with E-state index >= 15 is 0 Å². The smallest absolute Gasteiger partial charge is 0.219 e. The van der Waals surface area contributed by atoms with E-state index in [1.807, 2.05) is 18.2 Å². The van der Waals surface area contributed by atoms with E-state index < -0.39 is 0 Å². The quantitative estimate of drug-likeness (QED) is 0.849. The van der Waals surface area contributed by atoms with Gasteiger partial charge in [-0.05, 0) is 31.7 Å². The highest BCUT2D eigenvalue weighted by atomic mass is 16.5. The molecule has 21 heavy (non-hydrogen) atoms. The monoisotopic (exact) mass is 286 g/mol. The lowest BCUT2D eigenvalue weighted by molar-refractivity contribution is 0.290. The van der Waals surface area contributed by atoms with Crippen molar-refractivity contribution in [3.63, 3.8) is 0 Å². The van der Waals surface area contributed by atoms with Gasteiger partial charge in [-0.3, -0.25) is 0 Å². The van der Waals surface area contributed by atoms with Crippen LogP contribution in [0.25, 0.3) is 0 Å². The van der Waals surface area contributed by atoms with Crippen LogP contribution in [0.2, 0.25) is 0 Å². The molecule has 0 saturated heterocycles. The molecule has 0 saturated carbocycles. The van der Waals surface area contributed by atoms with Gasteiger partial charge in [0.15, 0.2) is 0 Å². The molecule has 0 aliphatic heterocycles. The number of nitrogens with zero attached hydrogens (tertiary/aromatic N) is 1. The van der Waals surface area contributed by atoms with Crippen LogP contribution in [0.5, 0.6) is 11.6 Å². The molecule has 0 bridgehead atoms. The average molecular weight is 286 g/mol. The predicted molar refractivity (Wildman–Crippen MR) is 83.7 cm³/mol. The number of hydrogen-bond donors (Lipinski definition) is 1. The second kappa shape index (κ2) is 7.64. The highest BCUT2D eigenvalue weighted by Gasteiger charge is 2.07. The maximum atomic E-state index is 5.96. The predicted octanol–water partition coefficient (Wildman–Crippen LogP) is 3.09. The van der Waals surface area contributed by atoms with Crippen molar-refractivity contribution in [1.82, 2.24) is 10.3 Å². The molecule has 4 nitrogen and oxygen atoms in total. The third kappa shape index (κ3) is 4.20. The largest absolute Gasteiger partial charge is 0.488 e. The summed E-state index contributed by atoms with van der Waals surface area (Å²) in [7, 11) is 1.62. The third-order valence-electron chi connectivity index (χ3n) is 3.21. The standard InChI is InChI=1S/C17H22N2O2/c1-4-18-11-15-10-13(2)7-8-16(15)21-12-14-6-5-9-19-17(14)20-3/h5-10,18H,4,11-12H2,1-3H3. The summed E-state index contributed by atoms with van der Waals surface area (Å²) in [5.41, 5.74) is 3.34. The number of rotatable bonds is 7. The van der Waals surface area contributed by atoms with Gasteiger partial charge in [0, 0.05) is 18.3 Å². The number of pyridine rings is 1. The molecule has 1 heterocycles. The second-order valence-electron chi connectivity index (χ2n) is 4.85. The lowest BCUT2D eigenvalue weighted by Crippen LogP contribution is -2.13. The number of aryl methyl sites for hydroxylation is 1. The lowest BCUT2D eigenvalue weighted by Gasteiger charge is -2.14. The fourth-order valence-electron chi connectivity index (χ4n) is 2.12. The first-order valence-corrected chi connectivity index (χ1v) is 7.15. The van der Waals surface area contributed by atoms with Gasteiger partial charge in [-0.15, -0.1) is 0 Å². The van der Waals surface area contributed by atoms with Crippen LogP contribution in [0.4, 0.5) is 0 Å². The average Bonchev–Trinajstić information content (AvgIpc) is 2.52. The molecule has 0 unspecified atom stereocenters. The summed E-state index contributed by atoms with van der Waals surface area (Å²) in [5.74, 6) is 1.50. The van der Waals surface area contributed by atoms with Crippen LogP contribution >= 0.6 is 0 Å². The molecule has 1 N–H and O–H groups in total. The van der Waals surface area contributed by atoms with Crippen LogP contribution in [0, 0.1) is 6.92 Å². The van der Waals surface area contributed by atoms with Crippen LogP contribution in [0.1, 0.15) is 23.6 Å². The topological polar surface area (TPSA) is 43.4 Å². The molecule has 0 spiro atoms. The summed E-state index contributed by atoms with van der Waals surface area (Å²) in [6.07, 6.45) is 1.71. The van der Waals surface area contributed by atoms with Crippen molar-refractivity contribution in [2.75, 3.05) is 13.7 Å². The minimum atomic E-state index is 0.444. The maximum Gasteiger partial charge on any atom is 0.219 e. The van der Waals surface area contributed by atoms with Crippen LogP contribution in [-0.4, -0.2) is 18.6 Å². The zero-order chi connectivity index (χ0) is 15.1. The van der Waals surface area contributed by atoms with E-state index in [0.29, 0.717) is 12.5 Å². The minimum absolute atomic E-state index is 0.444. The van der Waals surface area contributed by atoms with Gasteiger partial charge in [-0.1, -0.05) is 24.6 Å². The molecule has 0 amide bonds. The summed E-state index contributed by atoms with van der Waals surface area (Å²) in [6, 6.07) is 10.1. The van der Waals surface area contributed by atoms with Crippen LogP contribution in [-0.2, 0) is 13.2 Å². The molecule has 1 aromatic carbocycles. The SMILES string of the molecule is CCNCc1cc(C)ccc1OCc1cccnc1OC. The Morgan fingerprint density at radius 3 is 2.81 bits per heavy atom. The Kier molecular flexibility index (Phi) is 5.58. The van der Waals surface area contributed by atoms with Gasteiger partial charge in [0.2, 0.25) is 5.88 Å². The van der Waals surface area contributed by atoms with Gasteiger partial charge in [-0.25, -0.2) is 4.98 Å². The first-order valence-electron chi connectivity index (χ1n) is 7.15. The molecule has 2 rings (SSSR count). The number of hydrogen-bond acceptors (Lipinski definition) is 4. The summed E-state index contributed by atoms with van der Waals surface area (Å²) in [4.78, 5) is 4.18. The number of aromatic nitrogens is 1. The first kappa shape index (κ1) is 15.3. The van der Waals surface area contributed by atoms with E-state index in [1.54, 1.807) is 13.3 Å². The lowest BCUT2D eigenvalue weighted by atomic mass is 10.1. The third-order valence-corrected chi connectivity index (χ3v) is 3.21. The molecule has 0 aliphatic carbocycles. The molecular formula is C17H22N2O2. The van der Waals surface area contributed by atoms with Gasteiger partial charge in [-0.2, -0.15) is 0 Å². The second-order valence-corrected chi connectivity index (χ2v) is 4.85.